The monoisotopic (exact) mass is 292 g/mol. The maximum absolute atomic E-state index is 11.9. The lowest BCUT2D eigenvalue weighted by Crippen LogP contribution is -2.23. The van der Waals surface area contributed by atoms with Crippen molar-refractivity contribution in [1.29, 1.82) is 0 Å². The quantitative estimate of drug-likeness (QED) is 0.925. The first-order chi connectivity index (χ1) is 8.09. The highest BCUT2D eigenvalue weighted by Gasteiger charge is 2.05. The molecule has 17 heavy (non-hydrogen) atoms. The van der Waals surface area contributed by atoms with Gasteiger partial charge >= 0.3 is 0 Å². The summed E-state index contributed by atoms with van der Waals surface area (Å²) in [5.74, 6) is 0. The van der Waals surface area contributed by atoms with E-state index in [0.29, 0.717) is 12.2 Å². The predicted octanol–water partition coefficient (Wildman–Crippen LogP) is 2.55. The van der Waals surface area contributed by atoms with Crippen LogP contribution < -0.4 is 11.3 Å². The molecular weight excluding hydrogens is 280 g/mol. The van der Waals surface area contributed by atoms with Gasteiger partial charge in [0.05, 0.1) is 6.54 Å². The molecule has 2 N–H and O–H groups in total. The zero-order valence-electron chi connectivity index (χ0n) is 9.48. The Morgan fingerprint density at radius 2 is 2.00 bits per heavy atom. The van der Waals surface area contributed by atoms with Crippen LogP contribution >= 0.6 is 15.9 Å². The summed E-state index contributed by atoms with van der Waals surface area (Å²) < 4.78 is 2.61. The molecule has 0 unspecified atom stereocenters. The van der Waals surface area contributed by atoms with Gasteiger partial charge in [-0.15, -0.1) is 0 Å². The summed E-state index contributed by atoms with van der Waals surface area (Å²) in [6, 6.07) is 9.68. The van der Waals surface area contributed by atoms with Crippen molar-refractivity contribution in [2.75, 3.05) is 5.73 Å². The van der Waals surface area contributed by atoms with Gasteiger partial charge < -0.3 is 10.3 Å². The summed E-state index contributed by atoms with van der Waals surface area (Å²) in [4.78, 5) is 11.9. The Labute approximate surface area is 108 Å². The molecular formula is C13H13BrN2O. The Morgan fingerprint density at radius 3 is 2.71 bits per heavy atom. The summed E-state index contributed by atoms with van der Waals surface area (Å²) >= 11 is 3.46. The second kappa shape index (κ2) is 4.75. The number of hydrogen-bond donors (Lipinski definition) is 1. The van der Waals surface area contributed by atoms with Gasteiger partial charge in [0.2, 0.25) is 0 Å². The predicted molar refractivity (Wildman–Crippen MR) is 73.1 cm³/mol. The van der Waals surface area contributed by atoms with Gasteiger partial charge in [-0.3, -0.25) is 4.79 Å². The molecule has 0 radical (unpaired) electrons. The van der Waals surface area contributed by atoms with Crippen LogP contribution in [-0.2, 0) is 6.54 Å². The van der Waals surface area contributed by atoms with Gasteiger partial charge in [-0.25, -0.2) is 0 Å². The number of anilines is 1. The molecule has 0 saturated carbocycles. The van der Waals surface area contributed by atoms with Gasteiger partial charge in [0.1, 0.15) is 5.69 Å². The lowest BCUT2D eigenvalue weighted by atomic mass is 10.2. The molecule has 0 aliphatic heterocycles. The second-order valence-electron chi connectivity index (χ2n) is 3.94. The number of nitrogens with two attached hydrogens (primary N) is 1. The minimum Gasteiger partial charge on any atom is -0.394 e. The Morgan fingerprint density at radius 1 is 1.29 bits per heavy atom. The highest BCUT2D eigenvalue weighted by Crippen LogP contribution is 2.16. The van der Waals surface area contributed by atoms with Gasteiger partial charge in [-0.05, 0) is 30.2 Å². The van der Waals surface area contributed by atoms with Gasteiger partial charge in [0, 0.05) is 10.7 Å². The van der Waals surface area contributed by atoms with Crippen LogP contribution in [-0.4, -0.2) is 4.57 Å². The average Bonchev–Trinajstić information content (AvgIpc) is 2.32. The minimum absolute atomic E-state index is 0.138. The van der Waals surface area contributed by atoms with Crippen molar-refractivity contribution >= 4 is 21.6 Å². The highest BCUT2D eigenvalue weighted by molar-refractivity contribution is 9.10. The van der Waals surface area contributed by atoms with Crippen molar-refractivity contribution < 1.29 is 0 Å². The molecule has 1 heterocycles. The standard InChI is InChI=1S/C13H13BrN2O/c1-9-6-7-16(13(17)12(9)15)8-10-4-2-3-5-11(10)14/h2-7H,8,15H2,1H3. The maximum atomic E-state index is 11.9. The molecule has 1 aromatic heterocycles. The fraction of sp³-hybridized carbons (Fsp3) is 0.154. The van der Waals surface area contributed by atoms with E-state index in [1.165, 1.54) is 0 Å². The molecule has 88 valence electrons. The number of benzene rings is 1. The van der Waals surface area contributed by atoms with Crippen LogP contribution in [0.25, 0.3) is 0 Å². The fourth-order valence-electron chi connectivity index (χ4n) is 1.62. The Hall–Kier alpha value is -1.55. The minimum atomic E-state index is -0.138. The van der Waals surface area contributed by atoms with Crippen molar-refractivity contribution in [3.8, 4) is 0 Å². The highest BCUT2D eigenvalue weighted by atomic mass is 79.9. The van der Waals surface area contributed by atoms with E-state index in [1.807, 2.05) is 37.3 Å². The third kappa shape index (κ3) is 2.42. The summed E-state index contributed by atoms with van der Waals surface area (Å²) in [7, 11) is 0. The molecule has 0 fully saturated rings. The van der Waals surface area contributed by atoms with Gasteiger partial charge in [0.15, 0.2) is 0 Å². The van der Waals surface area contributed by atoms with E-state index in [-0.39, 0.29) is 5.56 Å². The van der Waals surface area contributed by atoms with Crippen molar-refractivity contribution in [2.45, 2.75) is 13.5 Å². The molecule has 0 aliphatic carbocycles. The first kappa shape index (κ1) is 11.9. The molecule has 2 rings (SSSR count). The van der Waals surface area contributed by atoms with Crippen molar-refractivity contribution in [1.82, 2.24) is 4.57 Å². The molecule has 2 aromatic rings. The van der Waals surface area contributed by atoms with Crippen LogP contribution in [0.5, 0.6) is 0 Å². The smallest absolute Gasteiger partial charge is 0.274 e. The van der Waals surface area contributed by atoms with Gasteiger partial charge in [-0.2, -0.15) is 0 Å². The zero-order chi connectivity index (χ0) is 12.4. The van der Waals surface area contributed by atoms with Crippen LogP contribution in [0.2, 0.25) is 0 Å². The van der Waals surface area contributed by atoms with Crippen LogP contribution in [0.3, 0.4) is 0 Å². The van der Waals surface area contributed by atoms with E-state index in [9.17, 15) is 4.79 Å². The van der Waals surface area contributed by atoms with Crippen molar-refractivity contribution in [2.24, 2.45) is 0 Å². The Balaban J connectivity index is 2.41. The summed E-state index contributed by atoms with van der Waals surface area (Å²) in [5.41, 5.74) is 7.78. The second-order valence-corrected chi connectivity index (χ2v) is 4.79. The third-order valence-corrected chi connectivity index (χ3v) is 3.49. The van der Waals surface area contributed by atoms with E-state index in [1.54, 1.807) is 10.8 Å². The fourth-order valence-corrected chi connectivity index (χ4v) is 2.03. The largest absolute Gasteiger partial charge is 0.394 e. The number of nitrogens with zero attached hydrogens (tertiary/aromatic N) is 1. The van der Waals surface area contributed by atoms with E-state index in [4.69, 9.17) is 5.73 Å². The van der Waals surface area contributed by atoms with E-state index >= 15 is 0 Å². The lowest BCUT2D eigenvalue weighted by Gasteiger charge is -2.09. The van der Waals surface area contributed by atoms with Crippen LogP contribution in [0.15, 0.2) is 45.8 Å². The molecule has 0 spiro atoms. The third-order valence-electron chi connectivity index (χ3n) is 2.72. The van der Waals surface area contributed by atoms with Crippen molar-refractivity contribution in [3.63, 3.8) is 0 Å². The van der Waals surface area contributed by atoms with E-state index in [0.717, 1.165) is 15.6 Å². The maximum Gasteiger partial charge on any atom is 0.274 e. The summed E-state index contributed by atoms with van der Waals surface area (Å²) in [6.07, 6.45) is 1.77. The number of pyridine rings is 1. The SMILES string of the molecule is Cc1ccn(Cc2ccccc2Br)c(=O)c1N. The molecule has 4 heteroatoms. The number of nitrogen functional groups attached to an aromatic ring is 1. The normalized spacial score (nSPS) is 10.5. The zero-order valence-corrected chi connectivity index (χ0v) is 11.1. The molecule has 0 aliphatic rings. The Kier molecular flexibility index (Phi) is 3.33. The molecule has 3 nitrogen and oxygen atoms in total. The molecule has 0 amide bonds. The topological polar surface area (TPSA) is 48.0 Å². The first-order valence-corrected chi connectivity index (χ1v) is 6.08. The molecule has 0 saturated heterocycles. The Bertz CT molecular complexity index is 605. The number of halogens is 1. The number of aromatic nitrogens is 1. The summed E-state index contributed by atoms with van der Waals surface area (Å²) in [5, 5.41) is 0. The lowest BCUT2D eigenvalue weighted by molar-refractivity contribution is 0.757. The van der Waals surface area contributed by atoms with Gasteiger partial charge in [0.25, 0.3) is 5.56 Å². The van der Waals surface area contributed by atoms with Crippen LogP contribution in [0.4, 0.5) is 5.69 Å². The first-order valence-electron chi connectivity index (χ1n) is 5.28. The number of rotatable bonds is 2. The molecule has 0 atom stereocenters. The average molecular weight is 293 g/mol. The molecule has 1 aromatic carbocycles. The number of hydrogen-bond acceptors (Lipinski definition) is 2. The molecule has 0 bridgehead atoms. The van der Waals surface area contributed by atoms with E-state index < -0.39 is 0 Å². The van der Waals surface area contributed by atoms with Crippen LogP contribution in [0, 0.1) is 6.92 Å². The summed E-state index contributed by atoms with van der Waals surface area (Å²) in [6.45, 7) is 2.35. The van der Waals surface area contributed by atoms with E-state index in [2.05, 4.69) is 15.9 Å². The van der Waals surface area contributed by atoms with Crippen molar-refractivity contribution in [3.05, 3.63) is 62.5 Å². The van der Waals surface area contributed by atoms with Gasteiger partial charge in [-0.1, -0.05) is 34.1 Å². The van der Waals surface area contributed by atoms with Crippen LogP contribution in [0.1, 0.15) is 11.1 Å². The number of aryl methyl sites for hydroxylation is 1.